The molecule has 2 aromatic rings. The number of nitrogens with zero attached hydrogens (tertiary/aromatic N) is 1. The van der Waals surface area contributed by atoms with Crippen molar-refractivity contribution < 1.29 is 19.4 Å². The van der Waals surface area contributed by atoms with E-state index in [9.17, 15) is 9.59 Å². The summed E-state index contributed by atoms with van der Waals surface area (Å²) in [5, 5.41) is 18.3. The standard InChI is InChI=1S/C16H19N3O4/c1-10(20)8-17-16(22)15-7-13(18-19-15)9-23-14-5-3-4-12(6-14)11(2)21/h3-7,10,20H,8-9H2,1-2H3,(H,17,22)(H,18,19)/t10-/m0/s1. The zero-order valence-corrected chi connectivity index (χ0v) is 13.0. The lowest BCUT2D eigenvalue weighted by molar-refractivity contribution is 0.0918. The summed E-state index contributed by atoms with van der Waals surface area (Å²) in [5.41, 5.74) is 1.42. The molecule has 0 bridgehead atoms. The van der Waals surface area contributed by atoms with Gasteiger partial charge in [-0.25, -0.2) is 0 Å². The maximum atomic E-state index is 11.8. The molecule has 1 atom stereocenters. The molecule has 0 spiro atoms. The zero-order valence-electron chi connectivity index (χ0n) is 13.0. The molecule has 3 N–H and O–H groups in total. The number of benzene rings is 1. The first-order valence-corrected chi connectivity index (χ1v) is 7.20. The minimum absolute atomic E-state index is 0.0333. The van der Waals surface area contributed by atoms with Crippen molar-refractivity contribution >= 4 is 11.7 Å². The first kappa shape index (κ1) is 16.7. The SMILES string of the molecule is CC(=O)c1cccc(OCc2cc(C(=O)NC[C@H](C)O)n[nH]2)c1. The van der Waals surface area contributed by atoms with Crippen LogP contribution in [-0.4, -0.2) is 39.6 Å². The summed E-state index contributed by atoms with van der Waals surface area (Å²) in [5.74, 6) is 0.161. The Kier molecular flexibility index (Phi) is 5.48. The normalized spacial score (nSPS) is 11.8. The fraction of sp³-hybridized carbons (Fsp3) is 0.312. The van der Waals surface area contributed by atoms with Gasteiger partial charge in [0, 0.05) is 12.1 Å². The third-order valence-electron chi connectivity index (χ3n) is 3.06. The topological polar surface area (TPSA) is 104 Å². The van der Waals surface area contributed by atoms with E-state index < -0.39 is 6.10 Å². The molecule has 1 amide bonds. The molecule has 0 aliphatic carbocycles. The Labute approximate surface area is 133 Å². The van der Waals surface area contributed by atoms with Crippen LogP contribution in [0.2, 0.25) is 0 Å². The summed E-state index contributed by atoms with van der Waals surface area (Å²) in [6, 6.07) is 8.45. The zero-order chi connectivity index (χ0) is 16.8. The summed E-state index contributed by atoms with van der Waals surface area (Å²) in [7, 11) is 0. The summed E-state index contributed by atoms with van der Waals surface area (Å²) >= 11 is 0. The number of aromatic amines is 1. The van der Waals surface area contributed by atoms with E-state index in [0.29, 0.717) is 17.0 Å². The molecule has 1 aromatic carbocycles. The summed E-state index contributed by atoms with van der Waals surface area (Å²) < 4.78 is 5.58. The number of ketones is 1. The number of Topliss-reactive ketones (excluding diaryl/α,β-unsaturated/α-hetero) is 1. The van der Waals surface area contributed by atoms with Gasteiger partial charge in [0.1, 0.15) is 18.1 Å². The number of ether oxygens (including phenoxy) is 1. The molecule has 23 heavy (non-hydrogen) atoms. The van der Waals surface area contributed by atoms with E-state index in [-0.39, 0.29) is 30.5 Å². The second-order valence-electron chi connectivity index (χ2n) is 5.21. The van der Waals surface area contributed by atoms with Crippen molar-refractivity contribution in [3.63, 3.8) is 0 Å². The number of aromatic nitrogens is 2. The lowest BCUT2D eigenvalue weighted by Crippen LogP contribution is -2.30. The molecule has 0 fully saturated rings. The van der Waals surface area contributed by atoms with Crippen molar-refractivity contribution in [1.29, 1.82) is 0 Å². The summed E-state index contributed by atoms with van der Waals surface area (Å²) in [4.78, 5) is 23.1. The number of carbonyl (C=O) groups is 2. The Bertz CT molecular complexity index is 694. The highest BCUT2D eigenvalue weighted by molar-refractivity contribution is 5.94. The summed E-state index contributed by atoms with van der Waals surface area (Å²) in [6.45, 7) is 3.43. The third kappa shape index (κ3) is 4.93. The van der Waals surface area contributed by atoms with E-state index in [4.69, 9.17) is 9.84 Å². The van der Waals surface area contributed by atoms with Gasteiger partial charge in [-0.05, 0) is 32.0 Å². The number of carbonyl (C=O) groups excluding carboxylic acids is 2. The molecule has 0 saturated carbocycles. The van der Waals surface area contributed by atoms with Crippen molar-refractivity contribution in [3.05, 3.63) is 47.3 Å². The van der Waals surface area contributed by atoms with Crippen molar-refractivity contribution in [2.24, 2.45) is 0 Å². The van der Waals surface area contributed by atoms with E-state index in [1.165, 1.54) is 6.92 Å². The van der Waals surface area contributed by atoms with E-state index >= 15 is 0 Å². The Hall–Kier alpha value is -2.67. The number of amides is 1. The van der Waals surface area contributed by atoms with Gasteiger partial charge in [-0.15, -0.1) is 0 Å². The number of hydrogen-bond acceptors (Lipinski definition) is 5. The van der Waals surface area contributed by atoms with Gasteiger partial charge in [-0.2, -0.15) is 5.10 Å². The number of H-pyrrole nitrogens is 1. The smallest absolute Gasteiger partial charge is 0.271 e. The van der Waals surface area contributed by atoms with Crippen LogP contribution in [0.25, 0.3) is 0 Å². The second kappa shape index (κ2) is 7.55. The molecule has 122 valence electrons. The number of nitrogens with one attached hydrogen (secondary N) is 2. The molecule has 0 saturated heterocycles. The van der Waals surface area contributed by atoms with Crippen molar-refractivity contribution in [3.8, 4) is 5.75 Å². The van der Waals surface area contributed by atoms with Crippen LogP contribution in [0, 0.1) is 0 Å². The minimum Gasteiger partial charge on any atom is -0.487 e. The molecule has 7 heteroatoms. The molecule has 0 aliphatic heterocycles. The van der Waals surface area contributed by atoms with Gasteiger partial charge in [-0.1, -0.05) is 12.1 Å². The maximum Gasteiger partial charge on any atom is 0.271 e. The third-order valence-corrected chi connectivity index (χ3v) is 3.06. The van der Waals surface area contributed by atoms with Crippen LogP contribution in [0.1, 0.15) is 40.4 Å². The highest BCUT2D eigenvalue weighted by atomic mass is 16.5. The van der Waals surface area contributed by atoms with Crippen LogP contribution in [-0.2, 0) is 6.61 Å². The lowest BCUT2D eigenvalue weighted by Gasteiger charge is -2.05. The van der Waals surface area contributed by atoms with E-state index in [2.05, 4.69) is 15.5 Å². The first-order chi connectivity index (χ1) is 11.0. The van der Waals surface area contributed by atoms with Crippen molar-refractivity contribution in [2.75, 3.05) is 6.54 Å². The van der Waals surface area contributed by atoms with Gasteiger partial charge >= 0.3 is 0 Å². The molecular weight excluding hydrogens is 298 g/mol. The van der Waals surface area contributed by atoms with Crippen molar-refractivity contribution in [2.45, 2.75) is 26.6 Å². The summed E-state index contributed by atoms with van der Waals surface area (Å²) in [6.07, 6.45) is -0.616. The van der Waals surface area contributed by atoms with Crippen LogP contribution < -0.4 is 10.1 Å². The van der Waals surface area contributed by atoms with Gasteiger partial charge in [0.15, 0.2) is 5.78 Å². The largest absolute Gasteiger partial charge is 0.487 e. The molecule has 2 rings (SSSR count). The molecule has 0 aliphatic rings. The molecule has 0 radical (unpaired) electrons. The molecule has 7 nitrogen and oxygen atoms in total. The van der Waals surface area contributed by atoms with Gasteiger partial charge in [0.05, 0.1) is 11.8 Å². The average molecular weight is 317 g/mol. The quantitative estimate of drug-likeness (QED) is 0.668. The molecule has 1 aromatic heterocycles. The number of hydrogen-bond donors (Lipinski definition) is 3. The molecule has 0 unspecified atom stereocenters. The lowest BCUT2D eigenvalue weighted by atomic mass is 10.1. The number of rotatable bonds is 7. The number of aliphatic hydroxyl groups is 1. The highest BCUT2D eigenvalue weighted by Crippen LogP contribution is 2.15. The van der Waals surface area contributed by atoms with Crippen LogP contribution in [0.4, 0.5) is 0 Å². The Morgan fingerprint density at radius 2 is 2.17 bits per heavy atom. The van der Waals surface area contributed by atoms with Crippen LogP contribution in [0.3, 0.4) is 0 Å². The second-order valence-corrected chi connectivity index (χ2v) is 5.21. The van der Waals surface area contributed by atoms with E-state index in [0.717, 1.165) is 0 Å². The van der Waals surface area contributed by atoms with Gasteiger partial charge in [-0.3, -0.25) is 14.7 Å². The molecule has 1 heterocycles. The fourth-order valence-corrected chi connectivity index (χ4v) is 1.85. The van der Waals surface area contributed by atoms with Gasteiger partial charge in [0.25, 0.3) is 5.91 Å². The number of aliphatic hydroxyl groups excluding tert-OH is 1. The Morgan fingerprint density at radius 3 is 2.87 bits per heavy atom. The predicted molar refractivity (Wildman–Crippen MR) is 83.4 cm³/mol. The van der Waals surface area contributed by atoms with Crippen LogP contribution in [0.15, 0.2) is 30.3 Å². The fourth-order valence-electron chi connectivity index (χ4n) is 1.85. The first-order valence-electron chi connectivity index (χ1n) is 7.20. The average Bonchev–Trinajstić information content (AvgIpc) is 3.00. The van der Waals surface area contributed by atoms with Gasteiger partial charge < -0.3 is 15.2 Å². The molecular formula is C16H19N3O4. The Balaban J connectivity index is 1.93. The highest BCUT2D eigenvalue weighted by Gasteiger charge is 2.11. The van der Waals surface area contributed by atoms with Crippen molar-refractivity contribution in [1.82, 2.24) is 15.5 Å². The van der Waals surface area contributed by atoms with E-state index in [1.807, 2.05) is 0 Å². The van der Waals surface area contributed by atoms with Crippen LogP contribution in [0.5, 0.6) is 5.75 Å². The van der Waals surface area contributed by atoms with E-state index in [1.54, 1.807) is 37.3 Å². The minimum atomic E-state index is -0.616. The predicted octanol–water partition coefficient (Wildman–Crippen LogP) is 1.30. The Morgan fingerprint density at radius 1 is 1.39 bits per heavy atom. The van der Waals surface area contributed by atoms with Crippen LogP contribution >= 0.6 is 0 Å². The monoisotopic (exact) mass is 317 g/mol. The van der Waals surface area contributed by atoms with Gasteiger partial charge in [0.2, 0.25) is 0 Å². The maximum absolute atomic E-state index is 11.8.